The van der Waals surface area contributed by atoms with Crippen LogP contribution >= 0.6 is 0 Å². The van der Waals surface area contributed by atoms with Crippen molar-refractivity contribution in [3.05, 3.63) is 41.2 Å². The van der Waals surface area contributed by atoms with E-state index < -0.39 is 52.6 Å². The van der Waals surface area contributed by atoms with E-state index in [1.54, 1.807) is 18.2 Å². The van der Waals surface area contributed by atoms with Crippen molar-refractivity contribution in [1.82, 2.24) is 0 Å². The molecule has 0 saturated carbocycles. The van der Waals surface area contributed by atoms with Crippen LogP contribution < -0.4 is 4.74 Å². The Bertz CT molecular complexity index is 826. The zero-order valence-electron chi connectivity index (χ0n) is 14.4. The van der Waals surface area contributed by atoms with Gasteiger partial charge in [0.25, 0.3) is 0 Å². The molecule has 26 heavy (non-hydrogen) atoms. The van der Waals surface area contributed by atoms with Gasteiger partial charge in [0.2, 0.25) is 5.60 Å². The standard InChI is InChI=1S/C18H18O8/c1-8-13(19)12(16(21)24-2)18(23,17(22)25-3)11-14(20)9-6-4-5-7-10(9)26-15(8)11/h4-8,11,15,19,23H,1-3H3/t8-,11-,15+,18-/m1/s1. The second kappa shape index (κ2) is 6.14. The first-order chi connectivity index (χ1) is 12.3. The van der Waals surface area contributed by atoms with E-state index in [0.717, 1.165) is 14.2 Å². The fourth-order valence-corrected chi connectivity index (χ4v) is 3.60. The van der Waals surface area contributed by atoms with Crippen LogP contribution in [0.25, 0.3) is 0 Å². The number of rotatable bonds is 2. The van der Waals surface area contributed by atoms with E-state index in [4.69, 9.17) is 4.74 Å². The van der Waals surface area contributed by atoms with Gasteiger partial charge in [-0.05, 0) is 12.1 Å². The Kier molecular flexibility index (Phi) is 4.23. The first-order valence-corrected chi connectivity index (χ1v) is 7.91. The highest BCUT2D eigenvalue weighted by Gasteiger charge is 2.65. The van der Waals surface area contributed by atoms with Crippen molar-refractivity contribution in [1.29, 1.82) is 0 Å². The maximum absolute atomic E-state index is 13.1. The number of methoxy groups -OCH3 is 2. The second-order valence-corrected chi connectivity index (χ2v) is 6.22. The summed E-state index contributed by atoms with van der Waals surface area (Å²) in [6.45, 7) is 1.52. The summed E-state index contributed by atoms with van der Waals surface area (Å²) < 4.78 is 15.0. The zero-order valence-corrected chi connectivity index (χ0v) is 14.4. The predicted molar refractivity (Wildman–Crippen MR) is 86.5 cm³/mol. The van der Waals surface area contributed by atoms with E-state index in [-0.39, 0.29) is 11.3 Å². The lowest BCUT2D eigenvalue weighted by Crippen LogP contribution is -2.64. The number of carbonyl (C=O) groups is 3. The lowest BCUT2D eigenvalue weighted by molar-refractivity contribution is -0.172. The molecule has 1 aromatic carbocycles. The molecule has 2 N–H and O–H groups in total. The fourth-order valence-electron chi connectivity index (χ4n) is 3.60. The highest BCUT2D eigenvalue weighted by Crippen LogP contribution is 2.48. The number of aliphatic hydroxyl groups excluding tert-OH is 1. The van der Waals surface area contributed by atoms with Gasteiger partial charge in [-0.1, -0.05) is 19.1 Å². The molecule has 0 spiro atoms. The molecule has 1 aliphatic heterocycles. The molecule has 3 rings (SSSR count). The van der Waals surface area contributed by atoms with Gasteiger partial charge >= 0.3 is 11.9 Å². The highest BCUT2D eigenvalue weighted by atomic mass is 16.5. The van der Waals surface area contributed by atoms with Crippen molar-refractivity contribution < 1.29 is 38.8 Å². The van der Waals surface area contributed by atoms with Crippen LogP contribution in [0.1, 0.15) is 17.3 Å². The summed E-state index contributed by atoms with van der Waals surface area (Å²) in [5.41, 5.74) is -3.29. The van der Waals surface area contributed by atoms with E-state index in [2.05, 4.69) is 9.47 Å². The smallest absolute Gasteiger partial charge is 0.343 e. The Morgan fingerprint density at radius 2 is 1.85 bits per heavy atom. The normalized spacial score (nSPS) is 30.0. The number of carbonyl (C=O) groups excluding carboxylic acids is 3. The molecule has 0 amide bonds. The number of fused-ring (bicyclic) bond motifs is 2. The summed E-state index contributed by atoms with van der Waals surface area (Å²) in [7, 11) is 2.03. The Labute approximate surface area is 149 Å². The second-order valence-electron chi connectivity index (χ2n) is 6.22. The highest BCUT2D eigenvalue weighted by molar-refractivity contribution is 6.10. The van der Waals surface area contributed by atoms with Crippen LogP contribution in [0.3, 0.4) is 0 Å². The zero-order chi connectivity index (χ0) is 19.2. The van der Waals surface area contributed by atoms with E-state index in [1.807, 2.05) is 0 Å². The van der Waals surface area contributed by atoms with E-state index in [0.29, 0.717) is 0 Å². The van der Waals surface area contributed by atoms with Gasteiger partial charge in [0.1, 0.15) is 29.1 Å². The number of para-hydroxylation sites is 1. The number of aliphatic hydroxyl groups is 2. The minimum Gasteiger partial charge on any atom is -0.511 e. The van der Waals surface area contributed by atoms with Crippen LogP contribution in [-0.2, 0) is 19.1 Å². The van der Waals surface area contributed by atoms with Crippen LogP contribution in [-0.4, -0.2) is 53.9 Å². The monoisotopic (exact) mass is 362 g/mol. The Morgan fingerprint density at radius 1 is 1.19 bits per heavy atom. The van der Waals surface area contributed by atoms with Crippen molar-refractivity contribution in [2.45, 2.75) is 18.6 Å². The topological polar surface area (TPSA) is 119 Å². The summed E-state index contributed by atoms with van der Waals surface area (Å²) in [5.74, 6) is -5.63. The third-order valence-corrected chi connectivity index (χ3v) is 4.92. The third-order valence-electron chi connectivity index (χ3n) is 4.92. The molecule has 0 bridgehead atoms. The molecule has 1 heterocycles. The van der Waals surface area contributed by atoms with Crippen LogP contribution in [0.2, 0.25) is 0 Å². The molecule has 0 aromatic heterocycles. The molecule has 0 radical (unpaired) electrons. The molecule has 8 heteroatoms. The molecule has 1 aliphatic carbocycles. The largest absolute Gasteiger partial charge is 0.511 e. The van der Waals surface area contributed by atoms with Gasteiger partial charge < -0.3 is 24.4 Å². The molecule has 8 nitrogen and oxygen atoms in total. The van der Waals surface area contributed by atoms with E-state index in [9.17, 15) is 24.6 Å². The average molecular weight is 362 g/mol. The SMILES string of the molecule is COC(=O)C1=C(O)[C@@H](C)[C@@H]2Oc3ccccc3C(=O)[C@H]2[C@]1(O)C(=O)OC. The van der Waals surface area contributed by atoms with Gasteiger partial charge in [-0.25, -0.2) is 9.59 Å². The Balaban J connectivity index is 2.28. The summed E-state index contributed by atoms with van der Waals surface area (Å²) >= 11 is 0. The summed E-state index contributed by atoms with van der Waals surface area (Å²) in [4.78, 5) is 37.8. The summed E-state index contributed by atoms with van der Waals surface area (Å²) in [6.07, 6.45) is -1.07. The number of esters is 2. The molecular formula is C18H18O8. The summed E-state index contributed by atoms with van der Waals surface area (Å²) in [5, 5.41) is 21.7. The minimum absolute atomic E-state index is 0.161. The van der Waals surface area contributed by atoms with Gasteiger partial charge in [-0.2, -0.15) is 0 Å². The molecule has 0 saturated heterocycles. The maximum Gasteiger partial charge on any atom is 0.343 e. The van der Waals surface area contributed by atoms with Gasteiger partial charge in [-0.3, -0.25) is 4.79 Å². The lowest BCUT2D eigenvalue weighted by Gasteiger charge is -2.46. The predicted octanol–water partition coefficient (Wildman–Crippen LogP) is 0.785. The van der Waals surface area contributed by atoms with Crippen molar-refractivity contribution in [2.24, 2.45) is 11.8 Å². The quantitative estimate of drug-likeness (QED) is 0.741. The van der Waals surface area contributed by atoms with Crippen molar-refractivity contribution in [3.63, 3.8) is 0 Å². The molecule has 138 valence electrons. The fraction of sp³-hybridized carbons (Fsp3) is 0.389. The van der Waals surface area contributed by atoms with Crippen molar-refractivity contribution in [2.75, 3.05) is 14.2 Å². The van der Waals surface area contributed by atoms with Crippen LogP contribution in [0, 0.1) is 11.8 Å². The van der Waals surface area contributed by atoms with E-state index >= 15 is 0 Å². The van der Waals surface area contributed by atoms with Crippen molar-refractivity contribution >= 4 is 17.7 Å². The van der Waals surface area contributed by atoms with Crippen LogP contribution in [0.5, 0.6) is 5.75 Å². The number of ketones is 1. The van der Waals surface area contributed by atoms with Gasteiger partial charge in [0.15, 0.2) is 5.78 Å². The molecule has 4 atom stereocenters. The van der Waals surface area contributed by atoms with Gasteiger partial charge in [-0.15, -0.1) is 0 Å². The first kappa shape index (κ1) is 17.9. The Morgan fingerprint density at radius 3 is 2.46 bits per heavy atom. The third kappa shape index (κ3) is 2.22. The minimum atomic E-state index is -2.74. The number of benzene rings is 1. The maximum atomic E-state index is 13.1. The summed E-state index contributed by atoms with van der Waals surface area (Å²) in [6, 6.07) is 6.34. The average Bonchev–Trinajstić information content (AvgIpc) is 2.65. The molecule has 2 aliphatic rings. The molecule has 0 unspecified atom stereocenters. The number of ether oxygens (including phenoxy) is 3. The lowest BCUT2D eigenvalue weighted by atomic mass is 9.64. The van der Waals surface area contributed by atoms with E-state index in [1.165, 1.54) is 13.0 Å². The van der Waals surface area contributed by atoms with Gasteiger partial charge in [0.05, 0.1) is 25.7 Å². The first-order valence-electron chi connectivity index (χ1n) is 7.91. The Hall–Kier alpha value is -2.87. The molecule has 0 fully saturated rings. The molecule has 1 aromatic rings. The number of hydrogen-bond acceptors (Lipinski definition) is 8. The number of Topliss-reactive ketones (excluding diaryl/α,β-unsaturated/α-hetero) is 1. The number of hydrogen-bond donors (Lipinski definition) is 2. The van der Waals surface area contributed by atoms with Crippen molar-refractivity contribution in [3.8, 4) is 5.75 Å². The van der Waals surface area contributed by atoms with Crippen LogP contribution in [0.15, 0.2) is 35.6 Å². The molecular weight excluding hydrogens is 344 g/mol. The van der Waals surface area contributed by atoms with Gasteiger partial charge in [0, 0.05) is 0 Å². The van der Waals surface area contributed by atoms with Crippen LogP contribution in [0.4, 0.5) is 0 Å².